The summed E-state index contributed by atoms with van der Waals surface area (Å²) in [6.45, 7) is 3.85. The predicted molar refractivity (Wildman–Crippen MR) is 80.0 cm³/mol. The number of nitrogens with one attached hydrogen (secondary N) is 2. The van der Waals surface area contributed by atoms with Crippen LogP contribution in [0.1, 0.15) is 80.8 Å². The van der Waals surface area contributed by atoms with Gasteiger partial charge < -0.3 is 15.2 Å². The third-order valence-corrected chi connectivity index (χ3v) is 3.82. The van der Waals surface area contributed by atoms with Gasteiger partial charge in [-0.3, -0.25) is 4.79 Å². The number of amides is 1. The number of hydrogen-bond donors (Lipinski definition) is 2. The molecule has 2 rings (SSSR count). The molecule has 1 atom stereocenters. The van der Waals surface area contributed by atoms with Gasteiger partial charge in [0.15, 0.2) is 0 Å². The molecule has 0 aliphatic carbocycles. The fraction of sp³-hybridized carbons (Fsp3) is 0.800. The van der Waals surface area contributed by atoms with Gasteiger partial charge >= 0.3 is 0 Å². The first-order valence-corrected chi connectivity index (χ1v) is 8.16. The molecule has 21 heavy (non-hydrogen) atoms. The molecule has 0 radical (unpaired) electrons. The lowest BCUT2D eigenvalue weighted by atomic mass is 10.1. The molecule has 1 aromatic rings. The van der Waals surface area contributed by atoms with E-state index < -0.39 is 0 Å². The third-order valence-electron chi connectivity index (χ3n) is 3.82. The number of aromatic nitrogens is 2. The van der Waals surface area contributed by atoms with Crippen molar-refractivity contribution in [1.29, 1.82) is 0 Å². The number of rotatable bonds is 9. The van der Waals surface area contributed by atoms with Crippen LogP contribution in [0.4, 0.5) is 0 Å². The largest absolute Gasteiger partial charge is 0.349 e. The molecule has 6 heteroatoms. The van der Waals surface area contributed by atoms with Crippen molar-refractivity contribution in [2.75, 3.05) is 13.1 Å². The van der Waals surface area contributed by atoms with Crippen molar-refractivity contribution in [3.63, 3.8) is 0 Å². The Hall–Kier alpha value is -1.43. The Balaban J connectivity index is 1.64. The number of nitrogens with zero attached hydrogens (tertiary/aromatic N) is 2. The fourth-order valence-electron chi connectivity index (χ4n) is 2.55. The Labute approximate surface area is 126 Å². The zero-order valence-electron chi connectivity index (χ0n) is 12.9. The van der Waals surface area contributed by atoms with E-state index in [1.165, 1.54) is 25.7 Å². The van der Waals surface area contributed by atoms with Crippen LogP contribution in [-0.4, -0.2) is 29.1 Å². The van der Waals surface area contributed by atoms with Crippen molar-refractivity contribution < 1.29 is 9.32 Å². The van der Waals surface area contributed by atoms with Gasteiger partial charge in [0.1, 0.15) is 0 Å². The fourth-order valence-corrected chi connectivity index (χ4v) is 2.55. The summed E-state index contributed by atoms with van der Waals surface area (Å²) >= 11 is 0. The average molecular weight is 294 g/mol. The molecule has 0 aromatic carbocycles. The summed E-state index contributed by atoms with van der Waals surface area (Å²) in [4.78, 5) is 16.1. The number of carbonyl (C=O) groups is 1. The highest BCUT2D eigenvalue weighted by molar-refractivity contribution is 5.90. The molecule has 0 spiro atoms. The van der Waals surface area contributed by atoms with Crippen LogP contribution in [0.5, 0.6) is 0 Å². The van der Waals surface area contributed by atoms with Gasteiger partial charge in [0, 0.05) is 6.54 Å². The quantitative estimate of drug-likeness (QED) is 0.684. The molecule has 1 unspecified atom stereocenters. The molecular formula is C15H26N4O2. The van der Waals surface area contributed by atoms with E-state index in [0.717, 1.165) is 32.2 Å². The van der Waals surface area contributed by atoms with Gasteiger partial charge in [-0.1, -0.05) is 44.2 Å². The van der Waals surface area contributed by atoms with Crippen LogP contribution in [0.3, 0.4) is 0 Å². The van der Waals surface area contributed by atoms with Gasteiger partial charge in [-0.2, -0.15) is 4.98 Å². The molecule has 2 N–H and O–H groups in total. The van der Waals surface area contributed by atoms with Crippen molar-refractivity contribution >= 4 is 5.91 Å². The molecule has 1 aliphatic heterocycles. The van der Waals surface area contributed by atoms with Crippen molar-refractivity contribution in [2.45, 2.75) is 64.3 Å². The Bertz CT molecular complexity index is 427. The first-order chi connectivity index (χ1) is 10.3. The van der Waals surface area contributed by atoms with E-state index in [9.17, 15) is 4.79 Å². The van der Waals surface area contributed by atoms with Crippen LogP contribution < -0.4 is 10.6 Å². The van der Waals surface area contributed by atoms with Crippen LogP contribution >= 0.6 is 0 Å². The predicted octanol–water partition coefficient (Wildman–Crippen LogP) is 2.58. The Kier molecular flexibility index (Phi) is 6.66. The first-order valence-electron chi connectivity index (χ1n) is 8.16. The molecule has 2 heterocycles. The molecular weight excluding hydrogens is 268 g/mol. The van der Waals surface area contributed by atoms with Gasteiger partial charge in [0.05, 0.1) is 6.04 Å². The van der Waals surface area contributed by atoms with E-state index in [1.54, 1.807) is 0 Å². The average Bonchev–Trinajstić information content (AvgIpc) is 3.16. The van der Waals surface area contributed by atoms with Gasteiger partial charge in [0.25, 0.3) is 11.7 Å². The summed E-state index contributed by atoms with van der Waals surface area (Å²) < 4.78 is 5.16. The lowest BCUT2D eigenvalue weighted by Gasteiger charge is -2.03. The highest BCUT2D eigenvalue weighted by atomic mass is 16.5. The second-order valence-corrected chi connectivity index (χ2v) is 5.63. The Morgan fingerprint density at radius 2 is 2.14 bits per heavy atom. The van der Waals surface area contributed by atoms with Crippen molar-refractivity contribution in [3.8, 4) is 0 Å². The van der Waals surface area contributed by atoms with E-state index in [1.807, 2.05) is 0 Å². The number of hydrogen-bond acceptors (Lipinski definition) is 5. The van der Waals surface area contributed by atoms with Crippen molar-refractivity contribution in [2.24, 2.45) is 0 Å². The molecule has 1 aliphatic rings. The first kappa shape index (κ1) is 15.9. The van der Waals surface area contributed by atoms with E-state index in [-0.39, 0.29) is 17.8 Å². The van der Waals surface area contributed by atoms with Crippen molar-refractivity contribution in [3.05, 3.63) is 11.7 Å². The molecule has 1 fully saturated rings. The Morgan fingerprint density at radius 3 is 2.90 bits per heavy atom. The van der Waals surface area contributed by atoms with Gasteiger partial charge in [0.2, 0.25) is 5.89 Å². The monoisotopic (exact) mass is 294 g/mol. The lowest BCUT2D eigenvalue weighted by molar-refractivity contribution is 0.0939. The molecule has 1 saturated heterocycles. The smallest absolute Gasteiger partial charge is 0.292 e. The lowest BCUT2D eigenvalue weighted by Crippen LogP contribution is -2.25. The number of unbranched alkanes of at least 4 members (excludes halogenated alkanes) is 5. The zero-order valence-corrected chi connectivity index (χ0v) is 12.9. The van der Waals surface area contributed by atoms with Crippen LogP contribution in [-0.2, 0) is 0 Å². The summed E-state index contributed by atoms with van der Waals surface area (Å²) in [6.07, 6.45) is 9.33. The second kappa shape index (κ2) is 8.77. The summed E-state index contributed by atoms with van der Waals surface area (Å²) in [5, 5.41) is 9.89. The maximum atomic E-state index is 11.9. The molecule has 0 saturated carbocycles. The number of carbonyl (C=O) groups excluding carboxylic acids is 1. The van der Waals surface area contributed by atoms with Gasteiger partial charge in [-0.15, -0.1) is 0 Å². The molecule has 118 valence electrons. The maximum Gasteiger partial charge on any atom is 0.292 e. The maximum absolute atomic E-state index is 11.9. The SMILES string of the molecule is CCCCCCCCNC(=O)c1noc(C2CCCN2)n1. The normalized spacial score (nSPS) is 18.0. The van der Waals surface area contributed by atoms with Crippen LogP contribution in [0, 0.1) is 0 Å². The van der Waals surface area contributed by atoms with E-state index in [2.05, 4.69) is 27.7 Å². The van der Waals surface area contributed by atoms with Crippen LogP contribution in [0.2, 0.25) is 0 Å². The molecule has 0 bridgehead atoms. The Morgan fingerprint density at radius 1 is 1.33 bits per heavy atom. The van der Waals surface area contributed by atoms with Gasteiger partial charge in [-0.25, -0.2) is 0 Å². The van der Waals surface area contributed by atoms with E-state index >= 15 is 0 Å². The van der Waals surface area contributed by atoms with Crippen LogP contribution in [0.25, 0.3) is 0 Å². The van der Waals surface area contributed by atoms with E-state index in [4.69, 9.17) is 4.52 Å². The minimum atomic E-state index is -0.239. The second-order valence-electron chi connectivity index (χ2n) is 5.63. The summed E-state index contributed by atoms with van der Waals surface area (Å²) in [5.74, 6) is 0.429. The topological polar surface area (TPSA) is 80.0 Å². The summed E-state index contributed by atoms with van der Waals surface area (Å²) in [5.41, 5.74) is 0. The van der Waals surface area contributed by atoms with Crippen molar-refractivity contribution in [1.82, 2.24) is 20.8 Å². The molecule has 1 aromatic heterocycles. The minimum absolute atomic E-state index is 0.109. The summed E-state index contributed by atoms with van der Waals surface area (Å²) in [6, 6.07) is 0.109. The van der Waals surface area contributed by atoms with Crippen LogP contribution in [0.15, 0.2) is 4.52 Å². The molecule has 6 nitrogen and oxygen atoms in total. The molecule has 1 amide bonds. The van der Waals surface area contributed by atoms with Gasteiger partial charge in [-0.05, 0) is 25.8 Å². The highest BCUT2D eigenvalue weighted by Crippen LogP contribution is 2.20. The highest BCUT2D eigenvalue weighted by Gasteiger charge is 2.24. The van der Waals surface area contributed by atoms with E-state index in [0.29, 0.717) is 12.4 Å². The summed E-state index contributed by atoms with van der Waals surface area (Å²) in [7, 11) is 0. The zero-order chi connectivity index (χ0) is 14.9. The standard InChI is InChI=1S/C15H26N4O2/c1-2-3-4-5-6-7-10-17-14(20)13-18-15(21-19-13)12-9-8-11-16-12/h12,16H,2-11H2,1H3,(H,17,20). The minimum Gasteiger partial charge on any atom is -0.349 e. The third kappa shape index (κ3) is 5.12.